The van der Waals surface area contributed by atoms with Gasteiger partial charge in [-0.05, 0) is 17.7 Å². The number of carbonyl (C=O) groups excluding carboxylic acids is 1. The second kappa shape index (κ2) is 8.69. The van der Waals surface area contributed by atoms with Crippen molar-refractivity contribution >= 4 is 5.91 Å². The molecule has 2 aromatic rings. The summed E-state index contributed by atoms with van der Waals surface area (Å²) in [5.74, 6) is 2.12. The Bertz CT molecular complexity index is 967. The molecule has 31 heavy (non-hydrogen) atoms. The van der Waals surface area contributed by atoms with Crippen LogP contribution in [0.5, 0.6) is 0 Å². The van der Waals surface area contributed by atoms with Crippen LogP contribution in [0.25, 0.3) is 0 Å². The molecule has 1 aromatic carbocycles. The quantitative estimate of drug-likeness (QED) is 0.625. The van der Waals surface area contributed by atoms with E-state index in [9.17, 15) is 23.1 Å². The number of terminal acetylenes is 1. The predicted octanol–water partition coefficient (Wildman–Crippen LogP) is 1.99. The van der Waals surface area contributed by atoms with Gasteiger partial charge in [-0.15, -0.1) is 11.5 Å². The summed E-state index contributed by atoms with van der Waals surface area (Å²) in [6.45, 7) is 2.08. The number of amides is 1. The fourth-order valence-electron chi connectivity index (χ4n) is 3.79. The molecule has 1 fully saturated rings. The van der Waals surface area contributed by atoms with E-state index in [2.05, 4.69) is 26.9 Å². The number of aromatic nitrogens is 3. The highest BCUT2D eigenvalue weighted by molar-refractivity contribution is 5.77. The summed E-state index contributed by atoms with van der Waals surface area (Å²) >= 11 is 0. The van der Waals surface area contributed by atoms with E-state index in [-0.39, 0.29) is 24.7 Å². The first-order valence-electron chi connectivity index (χ1n) is 9.79. The number of piperidine rings is 1. The van der Waals surface area contributed by atoms with Crippen LogP contribution in [0.2, 0.25) is 0 Å². The van der Waals surface area contributed by atoms with Crippen LogP contribution in [0.15, 0.2) is 30.5 Å². The lowest BCUT2D eigenvalue weighted by molar-refractivity contribution is -0.137. The fourth-order valence-corrected chi connectivity index (χ4v) is 3.79. The second-order valence-electron chi connectivity index (χ2n) is 7.83. The monoisotopic (exact) mass is 435 g/mol. The van der Waals surface area contributed by atoms with Crippen molar-refractivity contribution in [3.63, 3.8) is 0 Å². The minimum Gasteiger partial charge on any atom is -0.385 e. The van der Waals surface area contributed by atoms with Crippen LogP contribution in [-0.2, 0) is 23.1 Å². The van der Waals surface area contributed by atoms with E-state index in [0.717, 1.165) is 12.1 Å². The zero-order valence-corrected chi connectivity index (χ0v) is 17.1. The molecule has 1 aromatic heterocycles. The van der Waals surface area contributed by atoms with Gasteiger partial charge in [-0.1, -0.05) is 30.2 Å². The number of hydrogen-bond donors (Lipinski definition) is 3. The number of halogens is 3. The minimum atomic E-state index is -4.45. The number of aliphatic hydroxyl groups is 1. The van der Waals surface area contributed by atoms with Crippen LogP contribution in [0.4, 0.5) is 13.2 Å². The van der Waals surface area contributed by atoms with Crippen LogP contribution < -0.4 is 10.6 Å². The molecule has 0 spiro atoms. The Morgan fingerprint density at radius 1 is 1.42 bits per heavy atom. The third kappa shape index (κ3) is 5.06. The van der Waals surface area contributed by atoms with E-state index in [1.165, 1.54) is 16.8 Å². The molecule has 7 nitrogen and oxygen atoms in total. The molecule has 0 saturated carbocycles. The smallest absolute Gasteiger partial charge is 0.385 e. The number of hydrogen-bond acceptors (Lipinski definition) is 5. The van der Waals surface area contributed by atoms with Gasteiger partial charge in [0.2, 0.25) is 5.91 Å². The molecule has 0 radical (unpaired) electrons. The number of nitrogens with zero attached hydrogens (tertiary/aromatic N) is 3. The molecular formula is C21H24F3N5O2. The van der Waals surface area contributed by atoms with Gasteiger partial charge in [0.25, 0.3) is 0 Å². The lowest BCUT2D eigenvalue weighted by Crippen LogP contribution is -2.47. The lowest BCUT2D eigenvalue weighted by atomic mass is 9.78. The van der Waals surface area contributed by atoms with Gasteiger partial charge in [0.1, 0.15) is 0 Å². The average molecular weight is 435 g/mol. The maximum atomic E-state index is 12.9. The lowest BCUT2D eigenvalue weighted by Gasteiger charge is -2.40. The second-order valence-corrected chi connectivity index (χ2v) is 7.83. The van der Waals surface area contributed by atoms with Crippen molar-refractivity contribution in [2.45, 2.75) is 50.2 Å². The predicted molar refractivity (Wildman–Crippen MR) is 106 cm³/mol. The van der Waals surface area contributed by atoms with E-state index in [1.54, 1.807) is 20.2 Å². The Morgan fingerprint density at radius 3 is 2.68 bits per heavy atom. The number of alkyl halides is 3. The van der Waals surface area contributed by atoms with Gasteiger partial charge in [0.05, 0.1) is 47.6 Å². The molecule has 166 valence electrons. The molecular weight excluding hydrogens is 411 g/mol. The zero-order valence-electron chi connectivity index (χ0n) is 17.1. The van der Waals surface area contributed by atoms with Gasteiger partial charge in [-0.25, -0.2) is 0 Å². The first-order chi connectivity index (χ1) is 14.6. The molecule has 4 atom stereocenters. The van der Waals surface area contributed by atoms with Crippen molar-refractivity contribution < 1.29 is 23.1 Å². The first kappa shape index (κ1) is 22.8. The van der Waals surface area contributed by atoms with Crippen LogP contribution in [-0.4, -0.2) is 39.1 Å². The normalized spacial score (nSPS) is 24.9. The maximum Gasteiger partial charge on any atom is 0.416 e. The van der Waals surface area contributed by atoms with Crippen molar-refractivity contribution in [3.8, 4) is 12.3 Å². The number of nitrogens with one attached hydrogen (secondary N) is 2. The van der Waals surface area contributed by atoms with Crippen molar-refractivity contribution in [2.24, 2.45) is 5.92 Å². The summed E-state index contributed by atoms with van der Waals surface area (Å²) in [5.41, 5.74) is -1.34. The first-order valence-corrected chi connectivity index (χ1v) is 9.79. The van der Waals surface area contributed by atoms with E-state index in [0.29, 0.717) is 17.8 Å². The molecule has 0 bridgehead atoms. The third-order valence-electron chi connectivity index (χ3n) is 5.51. The third-order valence-corrected chi connectivity index (χ3v) is 5.51. The Morgan fingerprint density at radius 2 is 2.10 bits per heavy atom. The van der Waals surface area contributed by atoms with Crippen molar-refractivity contribution in [1.82, 2.24) is 25.6 Å². The fraction of sp³-hybridized carbons (Fsp3) is 0.476. The standard InChI is InChI=1S/C21H24F3N5O2/c1-4-16-9-20(31,14-5-7-15(8-6-14)21(22,23)24)10-17(26-16)18-12-29(28-27-18)11-13(2)19(30)25-3/h1,5-8,12-13,16-17,26,31H,9-11H2,2-3H3,(H,25,30)/t13?,16-,17-,20?/m0/s1. The van der Waals surface area contributed by atoms with Crippen LogP contribution in [0, 0.1) is 18.3 Å². The van der Waals surface area contributed by atoms with Crippen LogP contribution >= 0.6 is 0 Å². The highest BCUT2D eigenvalue weighted by Crippen LogP contribution is 2.40. The highest BCUT2D eigenvalue weighted by Gasteiger charge is 2.41. The van der Waals surface area contributed by atoms with E-state index in [1.807, 2.05) is 0 Å². The zero-order chi connectivity index (χ0) is 22.8. The van der Waals surface area contributed by atoms with Gasteiger partial charge in [0.15, 0.2) is 0 Å². The summed E-state index contributed by atoms with van der Waals surface area (Å²) in [4.78, 5) is 11.7. The molecule has 1 aliphatic heterocycles. The molecule has 1 aliphatic rings. The summed E-state index contributed by atoms with van der Waals surface area (Å²) < 4.78 is 40.2. The van der Waals surface area contributed by atoms with Crippen molar-refractivity contribution in [1.29, 1.82) is 0 Å². The van der Waals surface area contributed by atoms with Gasteiger partial charge in [-0.3, -0.25) is 14.8 Å². The van der Waals surface area contributed by atoms with Gasteiger partial charge in [-0.2, -0.15) is 13.2 Å². The van der Waals surface area contributed by atoms with Crippen LogP contribution in [0.1, 0.15) is 42.6 Å². The largest absolute Gasteiger partial charge is 0.416 e. The maximum absolute atomic E-state index is 12.9. The molecule has 3 rings (SSSR count). The molecule has 1 saturated heterocycles. The molecule has 10 heteroatoms. The number of benzene rings is 1. The van der Waals surface area contributed by atoms with Gasteiger partial charge >= 0.3 is 6.18 Å². The topological polar surface area (TPSA) is 92.1 Å². The summed E-state index contributed by atoms with van der Waals surface area (Å²) in [5, 5.41) is 25.3. The van der Waals surface area contributed by atoms with Gasteiger partial charge in [0, 0.05) is 19.9 Å². The summed E-state index contributed by atoms with van der Waals surface area (Å²) in [6.07, 6.45) is 3.10. The van der Waals surface area contributed by atoms with Gasteiger partial charge < -0.3 is 10.4 Å². The SMILES string of the molecule is C#C[C@H]1CC(O)(c2ccc(C(F)(F)F)cc2)C[C@@H](c2cn(CC(C)C(=O)NC)nn2)N1. The minimum absolute atomic E-state index is 0.128. The van der Waals surface area contributed by atoms with Crippen molar-refractivity contribution in [3.05, 3.63) is 47.3 Å². The average Bonchev–Trinajstić information content (AvgIpc) is 3.20. The van der Waals surface area contributed by atoms with Crippen LogP contribution in [0.3, 0.4) is 0 Å². The molecule has 0 aliphatic carbocycles. The van der Waals surface area contributed by atoms with E-state index in [4.69, 9.17) is 6.42 Å². The molecule has 2 heterocycles. The summed E-state index contributed by atoms with van der Waals surface area (Å²) in [7, 11) is 1.56. The molecule has 1 amide bonds. The Hall–Kier alpha value is -2.90. The van der Waals surface area contributed by atoms with E-state index >= 15 is 0 Å². The Balaban J connectivity index is 1.82. The molecule has 3 N–H and O–H groups in total. The Kier molecular flexibility index (Phi) is 6.38. The number of rotatable bonds is 5. The number of carbonyl (C=O) groups is 1. The Labute approximate surface area is 178 Å². The highest BCUT2D eigenvalue weighted by atomic mass is 19.4. The summed E-state index contributed by atoms with van der Waals surface area (Å²) in [6, 6.07) is 3.48. The molecule has 2 unspecified atom stereocenters. The van der Waals surface area contributed by atoms with Crippen molar-refractivity contribution in [2.75, 3.05) is 7.05 Å². The van der Waals surface area contributed by atoms with E-state index < -0.39 is 29.4 Å².